The Hall–Kier alpha value is -3.44. The number of aromatic nitrogens is 2. The first kappa shape index (κ1) is 17.9. The van der Waals surface area contributed by atoms with Gasteiger partial charge in [-0.05, 0) is 25.0 Å². The van der Waals surface area contributed by atoms with Crippen molar-refractivity contribution in [1.29, 1.82) is 5.26 Å². The van der Waals surface area contributed by atoms with Crippen molar-refractivity contribution >= 4 is 16.7 Å². The molecule has 4 rings (SSSR count). The summed E-state index contributed by atoms with van der Waals surface area (Å²) in [7, 11) is 0. The van der Waals surface area contributed by atoms with Crippen molar-refractivity contribution in [3.05, 3.63) is 64.4 Å². The van der Waals surface area contributed by atoms with E-state index >= 15 is 0 Å². The molecule has 1 unspecified atom stereocenters. The van der Waals surface area contributed by atoms with Gasteiger partial charge >= 0.3 is 11.4 Å². The van der Waals surface area contributed by atoms with Gasteiger partial charge in [0.1, 0.15) is 0 Å². The summed E-state index contributed by atoms with van der Waals surface area (Å²) in [6.45, 7) is 1.09. The highest BCUT2D eigenvalue weighted by Gasteiger charge is 2.32. The highest BCUT2D eigenvalue weighted by Crippen LogP contribution is 2.28. The standard InChI is InChI=1S/C20H18FN5O2/c21-15-9-17-18(10-16(15)24-8-4-7-14(23)12-24)26(28)20(19(11-22)25(17)27)13-5-2-1-3-6-13/h1-3,5-6,9-10,14H,4,7-8,12,23H2. The van der Waals surface area contributed by atoms with E-state index in [9.17, 15) is 20.1 Å². The Morgan fingerprint density at radius 1 is 1.14 bits per heavy atom. The third-order valence-electron chi connectivity index (χ3n) is 5.06. The van der Waals surface area contributed by atoms with E-state index in [1.807, 2.05) is 0 Å². The number of rotatable bonds is 2. The molecule has 1 fully saturated rings. The van der Waals surface area contributed by atoms with E-state index in [0.717, 1.165) is 18.9 Å². The van der Waals surface area contributed by atoms with E-state index in [4.69, 9.17) is 5.73 Å². The lowest BCUT2D eigenvalue weighted by Crippen LogP contribution is -2.45. The quantitative estimate of drug-likeness (QED) is 0.539. The normalized spacial score (nSPS) is 16.9. The fourth-order valence-electron chi connectivity index (χ4n) is 3.72. The SMILES string of the molecule is N#Cc1c(-c2ccccc2)[n+]([O-])c2cc(N3CCCC(N)C3)c(F)cc2[n+]1[O-]. The van der Waals surface area contributed by atoms with Crippen molar-refractivity contribution in [3.63, 3.8) is 0 Å². The molecule has 2 heterocycles. The van der Waals surface area contributed by atoms with Crippen molar-refractivity contribution < 1.29 is 13.9 Å². The van der Waals surface area contributed by atoms with Crippen LogP contribution in [0.15, 0.2) is 42.5 Å². The highest BCUT2D eigenvalue weighted by atomic mass is 19.1. The summed E-state index contributed by atoms with van der Waals surface area (Å²) in [6, 6.07) is 12.6. The Bertz CT molecular complexity index is 1100. The van der Waals surface area contributed by atoms with Crippen molar-refractivity contribution in [1.82, 2.24) is 0 Å². The Labute approximate surface area is 160 Å². The first-order chi connectivity index (χ1) is 13.5. The zero-order valence-electron chi connectivity index (χ0n) is 15.0. The molecule has 1 aliphatic rings. The average Bonchev–Trinajstić information content (AvgIpc) is 2.70. The van der Waals surface area contributed by atoms with E-state index in [2.05, 4.69) is 0 Å². The van der Waals surface area contributed by atoms with Crippen LogP contribution in [-0.4, -0.2) is 19.1 Å². The zero-order valence-corrected chi connectivity index (χ0v) is 15.0. The van der Waals surface area contributed by atoms with Crippen LogP contribution in [0.25, 0.3) is 22.3 Å². The third kappa shape index (κ3) is 2.86. The van der Waals surface area contributed by atoms with Crippen LogP contribution in [0.3, 0.4) is 0 Å². The van der Waals surface area contributed by atoms with Gasteiger partial charge in [0.2, 0.25) is 0 Å². The maximum atomic E-state index is 14.8. The first-order valence-corrected chi connectivity index (χ1v) is 8.99. The monoisotopic (exact) mass is 379 g/mol. The smallest absolute Gasteiger partial charge is 0.369 e. The van der Waals surface area contributed by atoms with Crippen molar-refractivity contribution in [2.75, 3.05) is 18.0 Å². The van der Waals surface area contributed by atoms with Gasteiger partial charge in [-0.25, -0.2) is 4.39 Å². The zero-order chi connectivity index (χ0) is 19.8. The predicted octanol–water partition coefficient (Wildman–Crippen LogP) is 1.71. The molecule has 8 heteroatoms. The van der Waals surface area contributed by atoms with Crippen LogP contribution in [0.2, 0.25) is 0 Å². The summed E-state index contributed by atoms with van der Waals surface area (Å²) in [5.41, 5.74) is 6.05. The molecule has 7 nitrogen and oxygen atoms in total. The second-order valence-electron chi connectivity index (χ2n) is 6.90. The number of nitrogens with two attached hydrogens (primary N) is 1. The van der Waals surface area contributed by atoms with Gasteiger partial charge in [-0.2, -0.15) is 9.99 Å². The number of nitriles is 1. The van der Waals surface area contributed by atoms with Crippen LogP contribution in [0.4, 0.5) is 10.1 Å². The molecule has 2 aromatic carbocycles. The van der Waals surface area contributed by atoms with Gasteiger partial charge in [0, 0.05) is 25.2 Å². The number of piperidine rings is 1. The second-order valence-corrected chi connectivity index (χ2v) is 6.90. The van der Waals surface area contributed by atoms with E-state index in [1.165, 1.54) is 6.07 Å². The van der Waals surface area contributed by atoms with Gasteiger partial charge in [-0.3, -0.25) is 0 Å². The summed E-state index contributed by atoms with van der Waals surface area (Å²) < 4.78 is 15.6. The maximum absolute atomic E-state index is 14.8. The topological polar surface area (TPSA) is 107 Å². The Kier molecular flexibility index (Phi) is 4.45. The van der Waals surface area contributed by atoms with Crippen molar-refractivity contribution in [3.8, 4) is 17.3 Å². The van der Waals surface area contributed by atoms with Gasteiger partial charge < -0.3 is 21.0 Å². The molecule has 142 valence electrons. The third-order valence-corrected chi connectivity index (χ3v) is 5.06. The van der Waals surface area contributed by atoms with E-state index in [1.54, 1.807) is 41.3 Å². The number of anilines is 1. The molecule has 0 bridgehead atoms. The number of fused-ring (bicyclic) bond motifs is 1. The van der Waals surface area contributed by atoms with Gasteiger partial charge in [0.15, 0.2) is 11.9 Å². The van der Waals surface area contributed by atoms with Gasteiger partial charge in [-0.15, -0.1) is 4.73 Å². The lowest BCUT2D eigenvalue weighted by atomic mass is 10.1. The van der Waals surface area contributed by atoms with Crippen molar-refractivity contribution in [2.45, 2.75) is 18.9 Å². The summed E-state index contributed by atoms with van der Waals surface area (Å²) in [5.74, 6) is -0.623. The molecule has 1 atom stereocenters. The number of hydrogen-bond acceptors (Lipinski definition) is 5. The molecule has 2 N–H and O–H groups in total. The minimum absolute atomic E-state index is 0.00315. The summed E-state index contributed by atoms with van der Waals surface area (Å²) >= 11 is 0. The van der Waals surface area contributed by atoms with E-state index in [0.29, 0.717) is 28.1 Å². The summed E-state index contributed by atoms with van der Waals surface area (Å²) in [5, 5.41) is 35.3. The van der Waals surface area contributed by atoms with Gasteiger partial charge in [0.05, 0.1) is 17.3 Å². The fourth-order valence-corrected chi connectivity index (χ4v) is 3.72. The maximum Gasteiger partial charge on any atom is 0.369 e. The molecule has 0 amide bonds. The molecule has 0 spiro atoms. The average molecular weight is 379 g/mol. The van der Waals surface area contributed by atoms with E-state index in [-0.39, 0.29) is 34.2 Å². The Morgan fingerprint density at radius 3 is 2.54 bits per heavy atom. The lowest BCUT2D eigenvalue weighted by molar-refractivity contribution is -0.622. The molecule has 28 heavy (non-hydrogen) atoms. The lowest BCUT2D eigenvalue weighted by Gasteiger charge is -2.32. The van der Waals surface area contributed by atoms with Gasteiger partial charge in [0.25, 0.3) is 11.0 Å². The molecule has 1 saturated heterocycles. The summed E-state index contributed by atoms with van der Waals surface area (Å²) in [6.07, 6.45) is 1.68. The molecule has 0 radical (unpaired) electrons. The highest BCUT2D eigenvalue weighted by molar-refractivity contribution is 5.76. The van der Waals surface area contributed by atoms with Crippen LogP contribution in [0.1, 0.15) is 18.5 Å². The second kappa shape index (κ2) is 6.94. The number of halogens is 1. The predicted molar refractivity (Wildman–Crippen MR) is 101 cm³/mol. The minimum Gasteiger partial charge on any atom is -0.617 e. The Balaban J connectivity index is 1.98. The summed E-state index contributed by atoms with van der Waals surface area (Å²) in [4.78, 5) is 1.79. The Morgan fingerprint density at radius 2 is 1.86 bits per heavy atom. The minimum atomic E-state index is -0.623. The molecule has 3 aromatic rings. The number of nitrogens with zero attached hydrogens (tertiary/aromatic N) is 4. The largest absolute Gasteiger partial charge is 0.617 e. The van der Waals surface area contributed by atoms with Crippen molar-refractivity contribution in [2.24, 2.45) is 5.73 Å². The molecular weight excluding hydrogens is 361 g/mol. The first-order valence-electron chi connectivity index (χ1n) is 8.99. The van der Waals surface area contributed by atoms with Crippen LogP contribution >= 0.6 is 0 Å². The molecule has 0 aliphatic carbocycles. The van der Waals surface area contributed by atoms with Crippen LogP contribution in [-0.2, 0) is 0 Å². The molecule has 1 aromatic heterocycles. The van der Waals surface area contributed by atoms with Gasteiger partial charge in [-0.1, -0.05) is 18.2 Å². The van der Waals surface area contributed by atoms with E-state index < -0.39 is 5.82 Å². The number of hydrogen-bond donors (Lipinski definition) is 1. The molecule has 1 aliphatic heterocycles. The van der Waals surface area contributed by atoms with Crippen LogP contribution in [0, 0.1) is 27.6 Å². The fraction of sp³-hybridized carbons (Fsp3) is 0.250. The molecular formula is C20H18FN5O2. The van der Waals surface area contributed by atoms with Crippen LogP contribution < -0.4 is 20.1 Å². The molecule has 0 saturated carbocycles. The van der Waals surface area contributed by atoms with Crippen LogP contribution in [0.5, 0.6) is 0 Å². The number of benzene rings is 2.